The summed E-state index contributed by atoms with van der Waals surface area (Å²) in [7, 11) is 0. The summed E-state index contributed by atoms with van der Waals surface area (Å²) in [5.41, 5.74) is 1.16. The molecule has 0 bridgehead atoms. The van der Waals surface area contributed by atoms with Crippen LogP contribution in [0.3, 0.4) is 0 Å². The zero-order valence-electron chi connectivity index (χ0n) is 12.9. The Kier molecular flexibility index (Phi) is 6.62. The highest BCUT2D eigenvalue weighted by molar-refractivity contribution is 7.09. The highest BCUT2D eigenvalue weighted by Gasteiger charge is 2.17. The van der Waals surface area contributed by atoms with Gasteiger partial charge in [-0.2, -0.15) is 0 Å². The van der Waals surface area contributed by atoms with Crippen LogP contribution in [0.15, 0.2) is 47.8 Å². The number of benzene rings is 1. The van der Waals surface area contributed by atoms with Crippen molar-refractivity contribution in [3.05, 3.63) is 58.3 Å². The first-order valence-electron chi connectivity index (χ1n) is 7.66. The van der Waals surface area contributed by atoms with Gasteiger partial charge < -0.3 is 10.4 Å². The normalized spacial score (nSPS) is 13.5. The second kappa shape index (κ2) is 8.71. The average molecular weight is 317 g/mol. The molecule has 0 aliphatic carbocycles. The van der Waals surface area contributed by atoms with E-state index in [9.17, 15) is 9.90 Å². The summed E-state index contributed by atoms with van der Waals surface area (Å²) < 4.78 is 0. The van der Waals surface area contributed by atoms with Gasteiger partial charge in [0.25, 0.3) is 0 Å². The molecule has 1 aromatic carbocycles. The minimum absolute atomic E-state index is 0.0378. The molecule has 1 aromatic heterocycles. The molecule has 22 heavy (non-hydrogen) atoms. The number of rotatable bonds is 8. The topological polar surface area (TPSA) is 49.3 Å². The van der Waals surface area contributed by atoms with E-state index in [1.54, 1.807) is 11.3 Å². The predicted octanol–water partition coefficient (Wildman–Crippen LogP) is 3.21. The van der Waals surface area contributed by atoms with Crippen molar-refractivity contribution in [2.75, 3.05) is 13.2 Å². The van der Waals surface area contributed by atoms with E-state index < -0.39 is 0 Å². The van der Waals surface area contributed by atoms with E-state index in [-0.39, 0.29) is 24.3 Å². The van der Waals surface area contributed by atoms with E-state index in [0.717, 1.165) is 12.0 Å². The van der Waals surface area contributed by atoms with Crippen molar-refractivity contribution in [1.29, 1.82) is 0 Å². The molecule has 3 nitrogen and oxygen atoms in total. The molecule has 2 atom stereocenters. The Bertz CT molecular complexity index is 554. The first kappa shape index (κ1) is 16.7. The lowest BCUT2D eigenvalue weighted by Gasteiger charge is -2.19. The summed E-state index contributed by atoms with van der Waals surface area (Å²) >= 11 is 1.68. The van der Waals surface area contributed by atoms with Crippen LogP contribution in [0.4, 0.5) is 0 Å². The van der Waals surface area contributed by atoms with Crippen LogP contribution in [0.5, 0.6) is 0 Å². The molecule has 2 unspecified atom stereocenters. The molecule has 0 spiro atoms. The van der Waals surface area contributed by atoms with Crippen LogP contribution in [0.1, 0.15) is 29.7 Å². The van der Waals surface area contributed by atoms with Crippen molar-refractivity contribution >= 4 is 17.2 Å². The Morgan fingerprint density at radius 1 is 1.23 bits per heavy atom. The average Bonchev–Trinajstić information content (AvgIpc) is 3.04. The lowest BCUT2D eigenvalue weighted by Crippen LogP contribution is -2.33. The summed E-state index contributed by atoms with van der Waals surface area (Å²) in [6, 6.07) is 14.1. The van der Waals surface area contributed by atoms with E-state index in [4.69, 9.17) is 0 Å². The first-order valence-corrected chi connectivity index (χ1v) is 8.54. The maximum absolute atomic E-state index is 12.2. The number of nitrogens with one attached hydrogen (secondary N) is 1. The van der Waals surface area contributed by atoms with Gasteiger partial charge in [0.2, 0.25) is 5.91 Å². The third kappa shape index (κ3) is 4.97. The van der Waals surface area contributed by atoms with Crippen molar-refractivity contribution in [2.24, 2.45) is 5.92 Å². The molecule has 2 N–H and O–H groups in total. The fraction of sp³-hybridized carbons (Fsp3) is 0.389. The first-order chi connectivity index (χ1) is 10.7. The largest absolute Gasteiger partial charge is 0.396 e. The number of hydrogen-bond donors (Lipinski definition) is 2. The lowest BCUT2D eigenvalue weighted by molar-refractivity contribution is -0.124. The molecule has 0 saturated carbocycles. The molecule has 0 aliphatic rings. The molecule has 2 aromatic rings. The Labute approximate surface area is 136 Å². The van der Waals surface area contributed by atoms with Crippen LogP contribution in [-0.2, 0) is 11.2 Å². The SMILES string of the molecule is CC(Cc1cccs1)C(=O)NCC(CCO)c1ccccc1. The summed E-state index contributed by atoms with van der Waals surface area (Å²) in [4.78, 5) is 13.5. The second-order valence-corrected chi connectivity index (χ2v) is 6.58. The number of amides is 1. The van der Waals surface area contributed by atoms with Gasteiger partial charge in [-0.15, -0.1) is 11.3 Å². The van der Waals surface area contributed by atoms with Crippen LogP contribution in [0.25, 0.3) is 0 Å². The molecule has 2 rings (SSSR count). The zero-order valence-corrected chi connectivity index (χ0v) is 13.7. The molecule has 0 saturated heterocycles. The Morgan fingerprint density at radius 3 is 2.64 bits per heavy atom. The Morgan fingerprint density at radius 2 is 2.00 bits per heavy atom. The molecular weight excluding hydrogens is 294 g/mol. The van der Waals surface area contributed by atoms with Gasteiger partial charge in [0, 0.05) is 29.9 Å². The van der Waals surface area contributed by atoms with Crippen molar-refractivity contribution in [1.82, 2.24) is 5.32 Å². The van der Waals surface area contributed by atoms with Gasteiger partial charge >= 0.3 is 0 Å². The highest BCUT2D eigenvalue weighted by atomic mass is 32.1. The molecule has 0 fully saturated rings. The molecule has 1 amide bonds. The minimum atomic E-state index is -0.0378. The van der Waals surface area contributed by atoms with Gasteiger partial charge in [0.05, 0.1) is 0 Å². The Balaban J connectivity index is 1.87. The number of aliphatic hydroxyl groups excluding tert-OH is 1. The lowest BCUT2D eigenvalue weighted by atomic mass is 9.95. The summed E-state index contributed by atoms with van der Waals surface area (Å²) in [5.74, 6) is 0.195. The van der Waals surface area contributed by atoms with Crippen LogP contribution in [0.2, 0.25) is 0 Å². The fourth-order valence-electron chi connectivity index (χ4n) is 2.49. The van der Waals surface area contributed by atoms with E-state index in [0.29, 0.717) is 13.0 Å². The van der Waals surface area contributed by atoms with Crippen molar-refractivity contribution in [3.8, 4) is 0 Å². The van der Waals surface area contributed by atoms with Crippen molar-refractivity contribution < 1.29 is 9.90 Å². The van der Waals surface area contributed by atoms with Crippen molar-refractivity contribution in [2.45, 2.75) is 25.7 Å². The summed E-state index contributed by atoms with van der Waals surface area (Å²) in [5, 5.41) is 14.3. The maximum Gasteiger partial charge on any atom is 0.223 e. The molecule has 0 radical (unpaired) electrons. The zero-order chi connectivity index (χ0) is 15.8. The fourth-order valence-corrected chi connectivity index (χ4v) is 3.32. The predicted molar refractivity (Wildman–Crippen MR) is 91.1 cm³/mol. The third-order valence-electron chi connectivity index (χ3n) is 3.81. The molecule has 118 valence electrons. The standard InChI is InChI=1S/C18H23NO2S/c1-14(12-17-8-5-11-22-17)18(21)19-13-16(9-10-20)15-6-3-2-4-7-15/h2-8,11,14,16,20H,9-10,12-13H2,1H3,(H,19,21). The van der Waals surface area contributed by atoms with Crippen LogP contribution in [0, 0.1) is 5.92 Å². The summed E-state index contributed by atoms with van der Waals surface area (Å²) in [6.45, 7) is 2.65. The van der Waals surface area contributed by atoms with E-state index >= 15 is 0 Å². The summed E-state index contributed by atoms with van der Waals surface area (Å²) in [6.07, 6.45) is 1.43. The highest BCUT2D eigenvalue weighted by Crippen LogP contribution is 2.19. The molecular formula is C18H23NO2S. The van der Waals surface area contributed by atoms with Crippen molar-refractivity contribution in [3.63, 3.8) is 0 Å². The maximum atomic E-state index is 12.2. The third-order valence-corrected chi connectivity index (χ3v) is 4.71. The number of carbonyl (C=O) groups is 1. The van der Waals surface area contributed by atoms with Gasteiger partial charge in [0.1, 0.15) is 0 Å². The second-order valence-electron chi connectivity index (χ2n) is 5.55. The number of aliphatic hydroxyl groups is 1. The van der Waals surface area contributed by atoms with Gasteiger partial charge in [-0.25, -0.2) is 0 Å². The van der Waals surface area contributed by atoms with Gasteiger partial charge in [-0.05, 0) is 29.9 Å². The van der Waals surface area contributed by atoms with Gasteiger partial charge in [-0.3, -0.25) is 4.79 Å². The van der Waals surface area contributed by atoms with Crippen LogP contribution in [-0.4, -0.2) is 24.2 Å². The molecule has 1 heterocycles. The van der Waals surface area contributed by atoms with E-state index in [1.165, 1.54) is 4.88 Å². The van der Waals surface area contributed by atoms with E-state index in [2.05, 4.69) is 11.4 Å². The monoisotopic (exact) mass is 317 g/mol. The van der Waals surface area contributed by atoms with E-state index in [1.807, 2.05) is 48.7 Å². The quantitative estimate of drug-likeness (QED) is 0.785. The van der Waals surface area contributed by atoms with Gasteiger partial charge in [-0.1, -0.05) is 43.3 Å². The smallest absolute Gasteiger partial charge is 0.223 e. The molecule has 0 aliphatic heterocycles. The number of hydrogen-bond acceptors (Lipinski definition) is 3. The number of carbonyl (C=O) groups excluding carboxylic acids is 1. The molecule has 4 heteroatoms. The minimum Gasteiger partial charge on any atom is -0.396 e. The van der Waals surface area contributed by atoms with Crippen LogP contribution >= 0.6 is 11.3 Å². The van der Waals surface area contributed by atoms with Crippen LogP contribution < -0.4 is 5.32 Å². The Hall–Kier alpha value is -1.65. The van der Waals surface area contributed by atoms with Gasteiger partial charge in [0.15, 0.2) is 0 Å². The number of thiophene rings is 1.